The van der Waals surface area contributed by atoms with Crippen LogP contribution < -0.4 is 0 Å². The van der Waals surface area contributed by atoms with Crippen LogP contribution in [0.3, 0.4) is 0 Å². The van der Waals surface area contributed by atoms with Crippen LogP contribution in [0.2, 0.25) is 0 Å². The summed E-state index contributed by atoms with van der Waals surface area (Å²) in [7, 11) is 0. The molecule has 0 aromatic heterocycles. The number of aryl methyl sites for hydroxylation is 1. The molecule has 1 saturated carbocycles. The first kappa shape index (κ1) is 11.4. The second-order valence-electron chi connectivity index (χ2n) is 4.83. The molecule has 0 spiro atoms. The van der Waals surface area contributed by atoms with Crippen LogP contribution >= 0.6 is 0 Å². The molecule has 16 heavy (non-hydrogen) atoms. The summed E-state index contributed by atoms with van der Waals surface area (Å²) in [6.45, 7) is 8.29. The van der Waals surface area contributed by atoms with E-state index in [4.69, 9.17) is 0 Å². The maximum atomic E-state index is 3.89. The van der Waals surface area contributed by atoms with Crippen LogP contribution in [0.4, 0.5) is 0 Å². The number of benzene rings is 1. The van der Waals surface area contributed by atoms with Gasteiger partial charge in [-0.05, 0) is 41.9 Å². The largest absolute Gasteiger partial charge is 0.102 e. The predicted octanol–water partition coefficient (Wildman–Crippen LogP) is 4.64. The molecule has 0 atom stereocenters. The lowest BCUT2D eigenvalue weighted by atomic mass is 9.91. The number of rotatable bonds is 5. The van der Waals surface area contributed by atoms with Crippen molar-refractivity contribution in [3.05, 3.63) is 53.5 Å². The molecule has 0 aliphatic heterocycles. The zero-order valence-electron chi connectivity index (χ0n) is 10.4. The minimum absolute atomic E-state index is 0.840. The summed E-state index contributed by atoms with van der Waals surface area (Å²) >= 11 is 0. The van der Waals surface area contributed by atoms with Crippen LogP contribution in [-0.4, -0.2) is 0 Å². The van der Waals surface area contributed by atoms with E-state index < -0.39 is 0 Å². The van der Waals surface area contributed by atoms with E-state index in [-0.39, 0.29) is 0 Å². The van der Waals surface area contributed by atoms with Crippen molar-refractivity contribution in [2.75, 3.05) is 0 Å². The average Bonchev–Trinajstić information content (AvgIpc) is 3.13. The number of hydrogen-bond acceptors (Lipinski definition) is 0. The first-order chi connectivity index (χ1) is 7.76. The molecule has 0 heteroatoms. The highest BCUT2D eigenvalue weighted by Gasteiger charge is 2.24. The fourth-order valence-electron chi connectivity index (χ4n) is 2.23. The molecule has 0 unspecified atom stereocenters. The quantitative estimate of drug-likeness (QED) is 0.668. The van der Waals surface area contributed by atoms with Gasteiger partial charge in [0.15, 0.2) is 0 Å². The van der Waals surface area contributed by atoms with Crippen molar-refractivity contribution >= 4 is 0 Å². The van der Waals surface area contributed by atoms with Crippen molar-refractivity contribution < 1.29 is 0 Å². The summed E-state index contributed by atoms with van der Waals surface area (Å²) in [5.74, 6) is 2.15. The van der Waals surface area contributed by atoms with Gasteiger partial charge in [0.1, 0.15) is 0 Å². The third-order valence-electron chi connectivity index (χ3n) is 3.43. The molecule has 1 aromatic rings. The molecule has 0 heterocycles. The van der Waals surface area contributed by atoms with Gasteiger partial charge in [-0.2, -0.15) is 0 Å². The smallest absolute Gasteiger partial charge is 0.0233 e. The lowest BCUT2D eigenvalue weighted by Crippen LogP contribution is -1.99. The second kappa shape index (κ2) is 4.86. The van der Waals surface area contributed by atoms with Crippen molar-refractivity contribution in [1.82, 2.24) is 0 Å². The minimum atomic E-state index is 0.840. The summed E-state index contributed by atoms with van der Waals surface area (Å²) in [4.78, 5) is 0. The molecule has 0 bridgehead atoms. The molecule has 2 rings (SSSR count). The Morgan fingerprint density at radius 2 is 2.19 bits per heavy atom. The van der Waals surface area contributed by atoms with Crippen LogP contribution in [0.1, 0.15) is 55.7 Å². The van der Waals surface area contributed by atoms with Crippen molar-refractivity contribution in [2.24, 2.45) is 0 Å². The van der Waals surface area contributed by atoms with Gasteiger partial charge < -0.3 is 0 Å². The lowest BCUT2D eigenvalue weighted by Gasteiger charge is -2.14. The number of hydrogen-bond donors (Lipinski definition) is 0. The average molecular weight is 213 g/mol. The zero-order valence-corrected chi connectivity index (χ0v) is 10.4. The molecule has 1 aromatic carbocycles. The van der Waals surface area contributed by atoms with Gasteiger partial charge in [0, 0.05) is 5.92 Å². The van der Waals surface area contributed by atoms with E-state index in [0.717, 1.165) is 5.92 Å². The van der Waals surface area contributed by atoms with Gasteiger partial charge in [0.2, 0.25) is 0 Å². The van der Waals surface area contributed by atoms with E-state index in [1.54, 1.807) is 0 Å². The van der Waals surface area contributed by atoms with E-state index in [1.165, 1.54) is 48.3 Å². The fraction of sp³-hybridized carbons (Fsp3) is 0.438. The van der Waals surface area contributed by atoms with Crippen molar-refractivity contribution in [1.29, 1.82) is 0 Å². The Labute approximate surface area is 99.4 Å². The van der Waals surface area contributed by atoms with Gasteiger partial charge in [0.05, 0.1) is 0 Å². The van der Waals surface area contributed by atoms with E-state index in [2.05, 4.69) is 38.6 Å². The van der Waals surface area contributed by atoms with Crippen LogP contribution in [0, 0.1) is 5.92 Å². The van der Waals surface area contributed by atoms with Crippen LogP contribution in [0.25, 0.3) is 0 Å². The summed E-state index contributed by atoms with van der Waals surface area (Å²) in [6.07, 6.45) is 7.11. The fourth-order valence-corrected chi connectivity index (χ4v) is 2.23. The SMILES string of the molecule is C=C[C](C)c1cc(C2CC2)ccc1CCC. The molecule has 85 valence electrons. The highest BCUT2D eigenvalue weighted by molar-refractivity contribution is 5.45. The molecule has 1 aliphatic carbocycles. The maximum absolute atomic E-state index is 3.89. The van der Waals surface area contributed by atoms with Gasteiger partial charge in [-0.15, -0.1) is 6.58 Å². The maximum Gasteiger partial charge on any atom is 0.0233 e. The normalized spacial score (nSPS) is 15.4. The van der Waals surface area contributed by atoms with E-state index in [9.17, 15) is 0 Å². The highest BCUT2D eigenvalue weighted by Crippen LogP contribution is 2.41. The van der Waals surface area contributed by atoms with Gasteiger partial charge in [-0.1, -0.05) is 44.5 Å². The summed E-state index contributed by atoms with van der Waals surface area (Å²) in [6, 6.07) is 7.03. The molecule has 0 nitrogen and oxygen atoms in total. The molecule has 1 fully saturated rings. The molecule has 0 saturated heterocycles. The molecule has 0 N–H and O–H groups in total. The Morgan fingerprint density at radius 3 is 2.75 bits per heavy atom. The Hall–Kier alpha value is -1.04. The topological polar surface area (TPSA) is 0 Å². The van der Waals surface area contributed by atoms with Crippen LogP contribution in [0.15, 0.2) is 30.9 Å². The van der Waals surface area contributed by atoms with E-state index >= 15 is 0 Å². The van der Waals surface area contributed by atoms with Gasteiger partial charge >= 0.3 is 0 Å². The first-order valence-corrected chi connectivity index (χ1v) is 6.35. The van der Waals surface area contributed by atoms with Crippen molar-refractivity contribution in [2.45, 2.75) is 45.4 Å². The monoisotopic (exact) mass is 213 g/mol. The lowest BCUT2D eigenvalue weighted by molar-refractivity contribution is 0.906. The standard InChI is InChI=1S/C16H21/c1-4-6-14-9-10-15(13-7-8-13)11-16(14)12(3)5-2/h5,9-11,13H,2,4,6-8H2,1,3H3. The first-order valence-electron chi connectivity index (χ1n) is 6.35. The van der Waals surface area contributed by atoms with Crippen LogP contribution in [-0.2, 0) is 6.42 Å². The van der Waals surface area contributed by atoms with Gasteiger partial charge in [0.25, 0.3) is 0 Å². The Balaban J connectivity index is 2.33. The number of allylic oxidation sites excluding steroid dienone is 1. The summed E-state index contributed by atoms with van der Waals surface area (Å²) in [5, 5.41) is 0. The third kappa shape index (κ3) is 2.37. The van der Waals surface area contributed by atoms with Crippen LogP contribution in [0.5, 0.6) is 0 Å². The van der Waals surface area contributed by atoms with E-state index in [0.29, 0.717) is 0 Å². The third-order valence-corrected chi connectivity index (χ3v) is 3.43. The van der Waals surface area contributed by atoms with Crippen molar-refractivity contribution in [3.63, 3.8) is 0 Å². The molecular weight excluding hydrogens is 192 g/mol. The summed E-state index contributed by atoms with van der Waals surface area (Å²) < 4.78 is 0. The molecule has 0 amide bonds. The van der Waals surface area contributed by atoms with Crippen molar-refractivity contribution in [3.8, 4) is 0 Å². The Kier molecular flexibility index (Phi) is 3.48. The molecular formula is C16H21. The zero-order chi connectivity index (χ0) is 11.5. The highest BCUT2D eigenvalue weighted by atomic mass is 14.3. The van der Waals surface area contributed by atoms with Gasteiger partial charge in [-0.25, -0.2) is 0 Å². The second-order valence-corrected chi connectivity index (χ2v) is 4.83. The predicted molar refractivity (Wildman–Crippen MR) is 70.6 cm³/mol. The van der Waals surface area contributed by atoms with Gasteiger partial charge in [-0.3, -0.25) is 0 Å². The summed E-state index contributed by atoms with van der Waals surface area (Å²) in [5.41, 5.74) is 4.42. The molecule has 1 aliphatic rings. The minimum Gasteiger partial charge on any atom is -0.102 e. The Bertz CT molecular complexity index is 372. The molecule has 1 radical (unpaired) electrons. The van der Waals surface area contributed by atoms with E-state index in [1.807, 2.05) is 6.08 Å². The Morgan fingerprint density at radius 1 is 1.44 bits per heavy atom.